The minimum absolute atomic E-state index is 0. The van der Waals surface area contributed by atoms with Gasteiger partial charge in [0, 0.05) is 49.0 Å². The number of aryl methyl sites for hydroxylation is 2. The third kappa shape index (κ3) is 12.4. The highest BCUT2D eigenvalue weighted by atomic mass is 28.3. The Balaban J connectivity index is 0.000000124. The van der Waals surface area contributed by atoms with E-state index in [-0.39, 0.29) is 7.43 Å². The Kier molecular flexibility index (Phi) is 16.1. The Labute approximate surface area is 412 Å². The summed E-state index contributed by atoms with van der Waals surface area (Å²) in [5.74, 6) is 0. The second kappa shape index (κ2) is 23.1. The van der Waals surface area contributed by atoms with Gasteiger partial charge < -0.3 is 0 Å². The highest BCUT2D eigenvalue weighted by Gasteiger charge is 2.33. The molecule has 1 atom stereocenters. The third-order valence-electron chi connectivity index (χ3n) is 13.1. The van der Waals surface area contributed by atoms with E-state index in [4.69, 9.17) is 0 Å². The summed E-state index contributed by atoms with van der Waals surface area (Å²) < 4.78 is 0. The van der Waals surface area contributed by atoms with Gasteiger partial charge in [-0.3, -0.25) is 19.9 Å². The molecule has 1 unspecified atom stereocenters. The Bertz CT molecular complexity index is 2960. The predicted molar refractivity (Wildman–Crippen MR) is 295 cm³/mol. The zero-order valence-corrected chi connectivity index (χ0v) is 40.6. The van der Waals surface area contributed by atoms with Crippen molar-refractivity contribution in [3.05, 3.63) is 274 Å². The first-order valence-electron chi connectivity index (χ1n) is 24.1. The minimum Gasteiger partial charge on any atom is -0.261 e. The lowest BCUT2D eigenvalue weighted by Gasteiger charge is -2.24. The van der Waals surface area contributed by atoms with Crippen molar-refractivity contribution in [2.75, 3.05) is 0 Å². The molecule has 12 rings (SSSR count). The van der Waals surface area contributed by atoms with Crippen molar-refractivity contribution in [3.63, 3.8) is 0 Å². The molecule has 69 heavy (non-hydrogen) atoms. The summed E-state index contributed by atoms with van der Waals surface area (Å²) in [6.45, 7) is 7.36. The van der Waals surface area contributed by atoms with Crippen molar-refractivity contribution < 1.29 is 0 Å². The second-order valence-electron chi connectivity index (χ2n) is 18.9. The predicted octanol–water partition coefficient (Wildman–Crippen LogP) is 15.7. The van der Waals surface area contributed by atoms with Crippen LogP contribution in [0.3, 0.4) is 0 Å². The lowest BCUT2D eigenvalue weighted by Crippen LogP contribution is -2.28. The minimum atomic E-state index is -1.23. The fourth-order valence-electron chi connectivity index (χ4n) is 9.72. The Hall–Kier alpha value is -7.34. The summed E-state index contributed by atoms with van der Waals surface area (Å²) in [7, 11) is -1.23. The molecule has 344 valence electrons. The van der Waals surface area contributed by atoms with Crippen molar-refractivity contribution in [1.29, 1.82) is 0 Å². The number of hydrogen-bond acceptors (Lipinski definition) is 4. The smallest absolute Gasteiger partial charge is 0.0632 e. The van der Waals surface area contributed by atoms with Gasteiger partial charge in [0.1, 0.15) is 0 Å². The van der Waals surface area contributed by atoms with Crippen LogP contribution in [0.25, 0.3) is 34.4 Å². The number of fused-ring (bicyclic) bond motifs is 4. The van der Waals surface area contributed by atoms with Crippen LogP contribution in [0, 0.1) is 0 Å². The SMILES string of the molecule is C.C(=C1\CCc2ccccc21)/c1ccccn1.C(=C1\CCc2ccccc21)/c1ccccn1.C1=C(Cc2ccccn2)c2ccccc2C1.C[Si](C)(C)C1C=C(Cc2ccccn2)c2ccccc21. The van der Waals surface area contributed by atoms with Crippen molar-refractivity contribution in [3.8, 4) is 0 Å². The molecule has 8 aromatic rings. The van der Waals surface area contributed by atoms with Crippen LogP contribution in [0.5, 0.6) is 0 Å². The number of hydrogen-bond donors (Lipinski definition) is 0. The molecular formula is C64H64N4Si. The van der Waals surface area contributed by atoms with E-state index in [9.17, 15) is 0 Å². The molecule has 4 aromatic carbocycles. The monoisotopic (exact) mass is 916 g/mol. The van der Waals surface area contributed by atoms with E-state index in [0.29, 0.717) is 5.54 Å². The molecule has 4 heterocycles. The molecule has 0 aliphatic heterocycles. The zero-order chi connectivity index (χ0) is 46.5. The molecule has 0 spiro atoms. The van der Waals surface area contributed by atoms with E-state index < -0.39 is 8.07 Å². The summed E-state index contributed by atoms with van der Waals surface area (Å²) in [5.41, 5.74) is 22.2. The van der Waals surface area contributed by atoms with Crippen molar-refractivity contribution in [2.24, 2.45) is 0 Å². The number of rotatable bonds is 7. The number of nitrogens with zero attached hydrogens (tertiary/aromatic N) is 4. The van der Waals surface area contributed by atoms with Gasteiger partial charge in [-0.2, -0.15) is 0 Å². The molecule has 4 aliphatic carbocycles. The van der Waals surface area contributed by atoms with Gasteiger partial charge >= 0.3 is 0 Å². The molecule has 0 radical (unpaired) electrons. The first kappa shape index (κ1) is 48.1. The normalized spacial score (nSPS) is 15.8. The van der Waals surface area contributed by atoms with Gasteiger partial charge in [-0.05, 0) is 165 Å². The number of allylic oxidation sites excluding steroid dienone is 6. The highest BCUT2D eigenvalue weighted by molar-refractivity contribution is 6.78. The average Bonchev–Trinajstić information content (AvgIpc) is 4.19. The van der Waals surface area contributed by atoms with Crippen molar-refractivity contribution in [2.45, 2.75) is 77.6 Å². The Morgan fingerprint density at radius 1 is 0.435 bits per heavy atom. The van der Waals surface area contributed by atoms with Gasteiger partial charge in [0.05, 0.1) is 19.5 Å². The summed E-state index contributed by atoms with van der Waals surface area (Å²) in [4.78, 5) is 17.5. The van der Waals surface area contributed by atoms with E-state index in [2.05, 4.69) is 179 Å². The van der Waals surface area contributed by atoms with Crippen LogP contribution in [0.4, 0.5) is 0 Å². The van der Waals surface area contributed by atoms with E-state index in [1.165, 1.54) is 66.8 Å². The van der Waals surface area contributed by atoms with E-state index in [1.807, 2.05) is 79.4 Å². The van der Waals surface area contributed by atoms with Gasteiger partial charge in [-0.25, -0.2) is 0 Å². The topological polar surface area (TPSA) is 51.6 Å². The van der Waals surface area contributed by atoms with Crippen LogP contribution in [0.2, 0.25) is 19.6 Å². The molecule has 0 N–H and O–H groups in total. The molecule has 0 fully saturated rings. The second-order valence-corrected chi connectivity index (χ2v) is 24.2. The molecular weight excluding hydrogens is 853 g/mol. The molecule has 0 saturated heterocycles. The first-order chi connectivity index (χ1) is 33.4. The fraction of sp³-hybridized carbons (Fsp3) is 0.188. The maximum Gasteiger partial charge on any atom is 0.0632 e. The van der Waals surface area contributed by atoms with E-state index >= 15 is 0 Å². The zero-order valence-electron chi connectivity index (χ0n) is 39.6. The molecule has 4 aromatic heterocycles. The summed E-state index contributed by atoms with van der Waals surface area (Å²) in [5, 5.41) is 0. The maximum absolute atomic E-state index is 4.47. The summed E-state index contributed by atoms with van der Waals surface area (Å²) in [6, 6.07) is 59.1. The maximum atomic E-state index is 4.47. The van der Waals surface area contributed by atoms with Crippen LogP contribution in [0.15, 0.2) is 207 Å². The van der Waals surface area contributed by atoms with Crippen LogP contribution in [-0.2, 0) is 32.1 Å². The van der Waals surface area contributed by atoms with E-state index in [1.54, 1.807) is 0 Å². The van der Waals surface area contributed by atoms with Crippen LogP contribution in [-0.4, -0.2) is 28.0 Å². The summed E-state index contributed by atoms with van der Waals surface area (Å²) >= 11 is 0. The number of benzene rings is 4. The van der Waals surface area contributed by atoms with Crippen molar-refractivity contribution >= 4 is 42.5 Å². The first-order valence-corrected chi connectivity index (χ1v) is 27.7. The molecule has 0 amide bonds. The van der Waals surface area contributed by atoms with Crippen LogP contribution >= 0.6 is 0 Å². The molecule has 5 heteroatoms. The quantitative estimate of drug-likeness (QED) is 0.150. The lowest BCUT2D eigenvalue weighted by molar-refractivity contribution is 1.08. The molecule has 4 aliphatic rings. The number of pyridine rings is 4. The van der Waals surface area contributed by atoms with Crippen LogP contribution in [0.1, 0.15) is 93.1 Å². The lowest BCUT2D eigenvalue weighted by atomic mass is 10.0. The Morgan fingerprint density at radius 2 is 0.870 bits per heavy atom. The molecule has 0 saturated carbocycles. The number of aromatic nitrogens is 4. The molecule has 4 nitrogen and oxygen atoms in total. The highest BCUT2D eigenvalue weighted by Crippen LogP contribution is 2.42. The third-order valence-corrected chi connectivity index (χ3v) is 15.5. The fourth-order valence-corrected chi connectivity index (χ4v) is 11.6. The standard InChI is InChI=1S/C18H21NSi.3C15H13N.CH4/c1-20(2,3)18-13-14(12-15-8-6-7-11-19-15)16-9-4-5-10-17(16)18;3*1-2-7-15-12(5-1)8-9-13(15)11-14-6-3-4-10-16-14;/h4-11,13,18H,12H2,1-3H3;2*1-7,10-11H,8-9H2;1-7,9-10H,8,11H2;1H4/b;2*13-11-;;. The van der Waals surface area contributed by atoms with E-state index in [0.717, 1.165) is 67.7 Å². The van der Waals surface area contributed by atoms with Gasteiger partial charge in [0.25, 0.3) is 0 Å². The molecule has 0 bridgehead atoms. The summed E-state index contributed by atoms with van der Waals surface area (Å²) in [6.07, 6.45) is 24.2. The van der Waals surface area contributed by atoms with Crippen LogP contribution < -0.4 is 0 Å². The average molecular weight is 917 g/mol. The van der Waals surface area contributed by atoms with Gasteiger partial charge in [0.15, 0.2) is 0 Å². The van der Waals surface area contributed by atoms with Gasteiger partial charge in [-0.15, -0.1) is 0 Å². The Morgan fingerprint density at radius 3 is 1.36 bits per heavy atom. The van der Waals surface area contributed by atoms with Gasteiger partial charge in [0.2, 0.25) is 0 Å². The van der Waals surface area contributed by atoms with Crippen molar-refractivity contribution in [1.82, 2.24) is 19.9 Å². The van der Waals surface area contributed by atoms with Gasteiger partial charge in [-0.1, -0.05) is 161 Å². The largest absolute Gasteiger partial charge is 0.261 e.